The third-order valence-corrected chi connectivity index (χ3v) is 6.88. The predicted molar refractivity (Wildman–Crippen MR) is 108 cm³/mol. The van der Waals surface area contributed by atoms with Crippen LogP contribution in [-0.2, 0) is 10.0 Å². The number of benzene rings is 2. The van der Waals surface area contributed by atoms with Crippen LogP contribution in [0.25, 0.3) is 0 Å². The fourth-order valence-corrected chi connectivity index (χ4v) is 5.11. The van der Waals surface area contributed by atoms with Crippen LogP contribution in [0.2, 0.25) is 5.02 Å². The number of hydrogen-bond donors (Lipinski definition) is 0. The third-order valence-electron chi connectivity index (χ3n) is 4.73. The van der Waals surface area contributed by atoms with Crippen LogP contribution in [0.3, 0.4) is 0 Å². The first-order chi connectivity index (χ1) is 12.8. The van der Waals surface area contributed by atoms with Crippen LogP contribution in [0.15, 0.2) is 41.3 Å². The van der Waals surface area contributed by atoms with Crippen molar-refractivity contribution < 1.29 is 13.2 Å². The molecule has 0 atom stereocenters. The molecule has 0 saturated carbocycles. The van der Waals surface area contributed by atoms with E-state index in [1.807, 2.05) is 32.0 Å². The molecule has 1 fully saturated rings. The molecule has 0 amide bonds. The van der Waals surface area contributed by atoms with E-state index in [9.17, 15) is 8.42 Å². The Kier molecular flexibility index (Phi) is 6.11. The van der Waals surface area contributed by atoms with Crippen molar-refractivity contribution in [1.82, 2.24) is 9.21 Å². The summed E-state index contributed by atoms with van der Waals surface area (Å²) in [4.78, 5) is 2.34. The van der Waals surface area contributed by atoms with Crippen LogP contribution in [0.1, 0.15) is 18.1 Å². The SMILES string of the molecule is CCN1CCN(S(=O)(=O)c2cc(Cl)ccc2Oc2cc(C)cc(C)c2)CC1. The molecule has 3 rings (SSSR count). The maximum atomic E-state index is 13.2. The molecule has 0 aliphatic carbocycles. The number of hydrogen-bond acceptors (Lipinski definition) is 4. The van der Waals surface area contributed by atoms with Gasteiger partial charge in [-0.15, -0.1) is 0 Å². The zero-order valence-corrected chi connectivity index (χ0v) is 17.5. The van der Waals surface area contributed by atoms with Gasteiger partial charge in [-0.2, -0.15) is 4.31 Å². The summed E-state index contributed by atoms with van der Waals surface area (Å²) in [6, 6.07) is 10.6. The maximum Gasteiger partial charge on any atom is 0.246 e. The van der Waals surface area contributed by atoms with Gasteiger partial charge in [0.05, 0.1) is 0 Å². The fourth-order valence-electron chi connectivity index (χ4n) is 3.31. The van der Waals surface area contributed by atoms with Crippen LogP contribution in [-0.4, -0.2) is 50.3 Å². The minimum Gasteiger partial charge on any atom is -0.456 e. The number of piperazine rings is 1. The average Bonchev–Trinajstić information content (AvgIpc) is 2.62. The van der Waals surface area contributed by atoms with Gasteiger partial charge in [0, 0.05) is 31.2 Å². The van der Waals surface area contributed by atoms with E-state index in [4.69, 9.17) is 16.3 Å². The van der Waals surface area contributed by atoms with Crippen molar-refractivity contribution in [3.8, 4) is 11.5 Å². The van der Waals surface area contributed by atoms with Crippen molar-refractivity contribution in [3.05, 3.63) is 52.5 Å². The standard InChI is InChI=1S/C20H25ClN2O3S/c1-4-22-7-9-23(10-8-22)27(24,25)20-14-17(21)5-6-19(20)26-18-12-15(2)11-16(3)13-18/h5-6,11-14H,4,7-10H2,1-3H3. The number of nitrogens with zero attached hydrogens (tertiary/aromatic N) is 2. The van der Waals surface area contributed by atoms with Crippen LogP contribution in [0.4, 0.5) is 0 Å². The summed E-state index contributed by atoms with van der Waals surface area (Å²) >= 11 is 6.11. The summed E-state index contributed by atoms with van der Waals surface area (Å²) in [5, 5.41) is 0.369. The molecule has 0 N–H and O–H groups in total. The van der Waals surface area contributed by atoms with E-state index in [0.717, 1.165) is 30.8 Å². The lowest BCUT2D eigenvalue weighted by molar-refractivity contribution is 0.196. The lowest BCUT2D eigenvalue weighted by Crippen LogP contribution is -2.48. The van der Waals surface area contributed by atoms with Gasteiger partial charge in [0.15, 0.2) is 0 Å². The number of aryl methyl sites for hydroxylation is 2. The molecule has 1 saturated heterocycles. The van der Waals surface area contributed by atoms with Crippen molar-refractivity contribution in [1.29, 1.82) is 0 Å². The summed E-state index contributed by atoms with van der Waals surface area (Å²) in [5.41, 5.74) is 2.11. The monoisotopic (exact) mass is 408 g/mol. The van der Waals surface area contributed by atoms with E-state index in [0.29, 0.717) is 29.6 Å². The van der Waals surface area contributed by atoms with Gasteiger partial charge in [0.2, 0.25) is 10.0 Å². The second kappa shape index (κ2) is 8.19. The highest BCUT2D eigenvalue weighted by Gasteiger charge is 2.31. The summed E-state index contributed by atoms with van der Waals surface area (Å²) in [6.45, 7) is 9.34. The Morgan fingerprint density at radius 1 is 1.00 bits per heavy atom. The van der Waals surface area contributed by atoms with Gasteiger partial charge < -0.3 is 9.64 Å². The zero-order chi connectivity index (χ0) is 19.6. The number of sulfonamides is 1. The molecule has 2 aromatic carbocycles. The van der Waals surface area contributed by atoms with Gasteiger partial charge in [0.25, 0.3) is 0 Å². The van der Waals surface area contributed by atoms with E-state index in [1.165, 1.54) is 10.4 Å². The molecule has 1 aliphatic rings. The second-order valence-electron chi connectivity index (χ2n) is 6.85. The predicted octanol–water partition coefficient (Wildman–Crippen LogP) is 4.08. The summed E-state index contributed by atoms with van der Waals surface area (Å²) in [7, 11) is -3.69. The van der Waals surface area contributed by atoms with Crippen molar-refractivity contribution >= 4 is 21.6 Å². The number of likely N-dealkylation sites (N-methyl/N-ethyl adjacent to an activating group) is 1. The summed E-state index contributed by atoms with van der Waals surface area (Å²) in [6.07, 6.45) is 0. The molecule has 0 bridgehead atoms. The Balaban J connectivity index is 1.94. The number of halogens is 1. The molecule has 146 valence electrons. The average molecular weight is 409 g/mol. The first-order valence-corrected chi connectivity index (χ1v) is 10.9. The fraction of sp³-hybridized carbons (Fsp3) is 0.400. The second-order valence-corrected chi connectivity index (χ2v) is 9.20. The largest absolute Gasteiger partial charge is 0.456 e. The molecule has 0 aromatic heterocycles. The summed E-state index contributed by atoms with van der Waals surface area (Å²) in [5.74, 6) is 0.907. The number of rotatable bonds is 5. The molecule has 27 heavy (non-hydrogen) atoms. The molecular weight excluding hydrogens is 384 g/mol. The van der Waals surface area contributed by atoms with Gasteiger partial charge in [-0.25, -0.2) is 8.42 Å². The Hall–Kier alpha value is -1.60. The van der Waals surface area contributed by atoms with Crippen LogP contribution in [0.5, 0.6) is 11.5 Å². The van der Waals surface area contributed by atoms with Gasteiger partial charge >= 0.3 is 0 Å². The van der Waals surface area contributed by atoms with Gasteiger partial charge in [-0.1, -0.05) is 24.6 Å². The Morgan fingerprint density at radius 3 is 2.22 bits per heavy atom. The molecule has 2 aromatic rings. The minimum atomic E-state index is -3.69. The first-order valence-electron chi connectivity index (χ1n) is 9.08. The highest BCUT2D eigenvalue weighted by Crippen LogP contribution is 2.34. The van der Waals surface area contributed by atoms with Gasteiger partial charge in [0.1, 0.15) is 16.4 Å². The third kappa shape index (κ3) is 4.63. The van der Waals surface area contributed by atoms with Crippen molar-refractivity contribution in [3.63, 3.8) is 0 Å². The van der Waals surface area contributed by atoms with Gasteiger partial charge in [-0.3, -0.25) is 0 Å². The topological polar surface area (TPSA) is 49.9 Å². The number of ether oxygens (including phenoxy) is 1. The Bertz CT molecular complexity index is 903. The van der Waals surface area contributed by atoms with E-state index in [1.54, 1.807) is 12.1 Å². The molecule has 0 unspecified atom stereocenters. The van der Waals surface area contributed by atoms with Crippen molar-refractivity contribution in [2.75, 3.05) is 32.7 Å². The summed E-state index contributed by atoms with van der Waals surface area (Å²) < 4.78 is 34.0. The highest BCUT2D eigenvalue weighted by atomic mass is 35.5. The molecular formula is C20H25ClN2O3S. The smallest absolute Gasteiger partial charge is 0.246 e. The van der Waals surface area contributed by atoms with Crippen LogP contribution < -0.4 is 4.74 Å². The Morgan fingerprint density at radius 2 is 1.63 bits per heavy atom. The van der Waals surface area contributed by atoms with Crippen molar-refractivity contribution in [2.24, 2.45) is 0 Å². The van der Waals surface area contributed by atoms with Crippen LogP contribution >= 0.6 is 11.6 Å². The van der Waals surface area contributed by atoms with E-state index < -0.39 is 10.0 Å². The quantitative estimate of drug-likeness (QED) is 0.748. The minimum absolute atomic E-state index is 0.110. The van der Waals surface area contributed by atoms with E-state index in [2.05, 4.69) is 11.8 Å². The molecule has 7 heteroatoms. The Labute approximate surface area is 166 Å². The normalized spacial score (nSPS) is 16.4. The highest BCUT2D eigenvalue weighted by molar-refractivity contribution is 7.89. The van der Waals surface area contributed by atoms with E-state index >= 15 is 0 Å². The zero-order valence-electron chi connectivity index (χ0n) is 15.9. The molecule has 1 heterocycles. The van der Waals surface area contributed by atoms with E-state index in [-0.39, 0.29) is 4.90 Å². The molecule has 0 radical (unpaired) electrons. The van der Waals surface area contributed by atoms with Crippen molar-refractivity contribution in [2.45, 2.75) is 25.7 Å². The maximum absolute atomic E-state index is 13.2. The van der Waals surface area contributed by atoms with Gasteiger partial charge in [-0.05, 0) is 61.9 Å². The first kappa shape index (κ1) is 20.1. The lowest BCUT2D eigenvalue weighted by Gasteiger charge is -2.33. The van der Waals surface area contributed by atoms with Crippen LogP contribution in [0, 0.1) is 13.8 Å². The lowest BCUT2D eigenvalue weighted by atomic mass is 10.1. The molecule has 5 nitrogen and oxygen atoms in total. The molecule has 0 spiro atoms. The molecule has 1 aliphatic heterocycles.